The molecule has 0 saturated heterocycles. The van der Waals surface area contributed by atoms with Gasteiger partial charge < -0.3 is 4.74 Å². The van der Waals surface area contributed by atoms with E-state index in [1.165, 1.54) is 7.11 Å². The number of amides is 1. The zero-order valence-corrected chi connectivity index (χ0v) is 17.1. The number of methoxy groups -OCH3 is 1. The highest BCUT2D eigenvalue weighted by Crippen LogP contribution is 2.48. The van der Waals surface area contributed by atoms with E-state index in [-0.39, 0.29) is 30.4 Å². The molecule has 0 spiro atoms. The second-order valence-electron chi connectivity index (χ2n) is 8.16. The molecule has 4 rings (SSSR count). The van der Waals surface area contributed by atoms with Gasteiger partial charge in [0.15, 0.2) is 0 Å². The van der Waals surface area contributed by atoms with Crippen molar-refractivity contribution in [1.29, 1.82) is 0 Å². The molecule has 8 nitrogen and oxygen atoms in total. The lowest BCUT2D eigenvalue weighted by Gasteiger charge is -2.33. The SMILES string of the molecule is COC(=O)CN(C)C1CC(C)c2nc(NC(=O)C3(c4ccccc4)CC3)nn2C1. The molecular weight excluding hydrogens is 370 g/mol. The quantitative estimate of drug-likeness (QED) is 0.749. The summed E-state index contributed by atoms with van der Waals surface area (Å²) in [7, 11) is 3.31. The first-order valence-corrected chi connectivity index (χ1v) is 10.0. The van der Waals surface area contributed by atoms with Crippen LogP contribution >= 0.6 is 0 Å². The van der Waals surface area contributed by atoms with Gasteiger partial charge in [-0.25, -0.2) is 4.68 Å². The maximum Gasteiger partial charge on any atom is 0.319 e. The van der Waals surface area contributed by atoms with E-state index in [0.717, 1.165) is 30.7 Å². The van der Waals surface area contributed by atoms with Crippen molar-refractivity contribution in [1.82, 2.24) is 19.7 Å². The zero-order chi connectivity index (χ0) is 20.6. The van der Waals surface area contributed by atoms with E-state index in [0.29, 0.717) is 12.5 Å². The fourth-order valence-electron chi connectivity index (χ4n) is 4.16. The number of carbonyl (C=O) groups excluding carboxylic acids is 2. The van der Waals surface area contributed by atoms with Crippen LogP contribution in [-0.2, 0) is 26.3 Å². The predicted molar refractivity (Wildman–Crippen MR) is 107 cm³/mol. The second-order valence-corrected chi connectivity index (χ2v) is 8.16. The van der Waals surface area contributed by atoms with Crippen LogP contribution in [-0.4, -0.2) is 58.3 Å². The molecule has 29 heavy (non-hydrogen) atoms. The summed E-state index contributed by atoms with van der Waals surface area (Å²) in [6.45, 7) is 2.96. The molecule has 1 aliphatic heterocycles. The summed E-state index contributed by atoms with van der Waals surface area (Å²) in [5, 5.41) is 7.48. The van der Waals surface area contributed by atoms with Crippen LogP contribution in [0, 0.1) is 0 Å². The molecule has 1 aliphatic carbocycles. The summed E-state index contributed by atoms with van der Waals surface area (Å²) < 4.78 is 6.62. The molecule has 2 atom stereocenters. The Morgan fingerprint density at radius 3 is 2.69 bits per heavy atom. The minimum absolute atomic E-state index is 0.0429. The van der Waals surface area contributed by atoms with Crippen LogP contribution in [0.15, 0.2) is 30.3 Å². The number of likely N-dealkylation sites (N-methyl/N-ethyl adjacent to an activating group) is 1. The second kappa shape index (κ2) is 7.59. The summed E-state index contributed by atoms with van der Waals surface area (Å²) in [6, 6.07) is 10.0. The Hall–Kier alpha value is -2.74. The fraction of sp³-hybridized carbons (Fsp3) is 0.524. The zero-order valence-electron chi connectivity index (χ0n) is 17.1. The molecule has 1 aromatic heterocycles. The maximum atomic E-state index is 13.0. The summed E-state index contributed by atoms with van der Waals surface area (Å²) >= 11 is 0. The van der Waals surface area contributed by atoms with Gasteiger partial charge in [0.25, 0.3) is 0 Å². The molecule has 2 unspecified atom stereocenters. The van der Waals surface area contributed by atoms with Crippen LogP contribution in [0.2, 0.25) is 0 Å². The van der Waals surface area contributed by atoms with Gasteiger partial charge >= 0.3 is 5.97 Å². The summed E-state index contributed by atoms with van der Waals surface area (Å²) in [6.07, 6.45) is 2.55. The van der Waals surface area contributed by atoms with Gasteiger partial charge in [-0.2, -0.15) is 4.98 Å². The highest BCUT2D eigenvalue weighted by atomic mass is 16.5. The van der Waals surface area contributed by atoms with Gasteiger partial charge in [0.1, 0.15) is 5.82 Å². The Bertz CT molecular complexity index is 906. The number of carbonyl (C=O) groups is 2. The average molecular weight is 397 g/mol. The third-order valence-electron chi connectivity index (χ3n) is 6.12. The molecule has 0 bridgehead atoms. The van der Waals surface area contributed by atoms with E-state index < -0.39 is 5.41 Å². The topological polar surface area (TPSA) is 89.3 Å². The Morgan fingerprint density at radius 1 is 1.31 bits per heavy atom. The molecular formula is C21H27N5O3. The molecule has 8 heteroatoms. The number of aromatic nitrogens is 3. The number of rotatable bonds is 6. The fourth-order valence-corrected chi connectivity index (χ4v) is 4.16. The normalized spacial score (nSPS) is 22.1. The molecule has 0 radical (unpaired) electrons. The number of esters is 1. The number of nitrogens with zero attached hydrogens (tertiary/aromatic N) is 4. The van der Waals surface area contributed by atoms with Crippen molar-refractivity contribution in [2.75, 3.05) is 26.0 Å². The summed E-state index contributed by atoms with van der Waals surface area (Å²) in [4.78, 5) is 31.1. The van der Waals surface area contributed by atoms with Gasteiger partial charge in [-0.05, 0) is 31.9 Å². The first-order valence-electron chi connectivity index (χ1n) is 10.0. The van der Waals surface area contributed by atoms with Crippen LogP contribution in [0.5, 0.6) is 0 Å². The Balaban J connectivity index is 1.47. The summed E-state index contributed by atoms with van der Waals surface area (Å²) in [5.41, 5.74) is 0.585. The van der Waals surface area contributed by atoms with Gasteiger partial charge in [-0.15, -0.1) is 5.10 Å². The molecule has 1 aromatic carbocycles. The monoisotopic (exact) mass is 397 g/mol. The van der Waals surface area contributed by atoms with Gasteiger partial charge in [0.2, 0.25) is 11.9 Å². The van der Waals surface area contributed by atoms with Gasteiger partial charge in [0, 0.05) is 12.0 Å². The number of hydrogen-bond acceptors (Lipinski definition) is 6. The molecule has 1 saturated carbocycles. The number of hydrogen-bond donors (Lipinski definition) is 1. The molecule has 1 amide bonds. The van der Waals surface area contributed by atoms with Gasteiger partial charge in [-0.3, -0.25) is 19.8 Å². The predicted octanol–water partition coefficient (Wildman–Crippen LogP) is 1.93. The number of benzene rings is 1. The van der Waals surface area contributed by atoms with Crippen LogP contribution in [0.4, 0.5) is 5.95 Å². The van der Waals surface area contributed by atoms with Gasteiger partial charge in [-0.1, -0.05) is 37.3 Å². The standard InChI is InChI=1S/C21H27N5O3/c1-14-11-16(25(2)13-17(27)29-3)12-26-18(14)22-20(24-26)23-19(28)21(9-10-21)15-7-5-4-6-8-15/h4-8,14,16H,9-13H2,1-3H3,(H,23,24,28). The summed E-state index contributed by atoms with van der Waals surface area (Å²) in [5.74, 6) is 1.10. The number of nitrogens with one attached hydrogen (secondary N) is 1. The largest absolute Gasteiger partial charge is 0.468 e. The maximum absolute atomic E-state index is 13.0. The van der Waals surface area contributed by atoms with Gasteiger partial charge in [0.05, 0.1) is 25.6 Å². The van der Waals surface area contributed by atoms with Crippen molar-refractivity contribution < 1.29 is 14.3 Å². The highest BCUT2D eigenvalue weighted by molar-refractivity contribution is 6.00. The Morgan fingerprint density at radius 2 is 2.03 bits per heavy atom. The van der Waals surface area contributed by atoms with Crippen molar-refractivity contribution in [3.05, 3.63) is 41.7 Å². The number of anilines is 1. The Kier molecular flexibility index (Phi) is 5.12. The minimum atomic E-state index is -0.456. The molecule has 1 N–H and O–H groups in total. The Labute approximate surface area is 170 Å². The van der Waals surface area contributed by atoms with E-state index >= 15 is 0 Å². The van der Waals surface area contributed by atoms with E-state index in [1.54, 1.807) is 0 Å². The van der Waals surface area contributed by atoms with Crippen molar-refractivity contribution in [3.8, 4) is 0 Å². The van der Waals surface area contributed by atoms with Crippen LogP contribution in [0.3, 0.4) is 0 Å². The van der Waals surface area contributed by atoms with E-state index in [2.05, 4.69) is 22.3 Å². The van der Waals surface area contributed by atoms with Crippen LogP contribution in [0.1, 0.15) is 43.5 Å². The first kappa shape index (κ1) is 19.6. The van der Waals surface area contributed by atoms with Crippen LogP contribution in [0.25, 0.3) is 0 Å². The average Bonchev–Trinajstić information content (AvgIpc) is 3.43. The van der Waals surface area contributed by atoms with E-state index in [4.69, 9.17) is 4.74 Å². The lowest BCUT2D eigenvalue weighted by atomic mass is 9.95. The van der Waals surface area contributed by atoms with E-state index in [1.807, 2.05) is 47.0 Å². The molecule has 2 heterocycles. The minimum Gasteiger partial charge on any atom is -0.468 e. The molecule has 1 fully saturated rings. The lowest BCUT2D eigenvalue weighted by Crippen LogP contribution is -2.42. The molecule has 2 aliphatic rings. The van der Waals surface area contributed by atoms with Crippen molar-refractivity contribution in [3.63, 3.8) is 0 Å². The van der Waals surface area contributed by atoms with Crippen molar-refractivity contribution in [2.45, 2.75) is 50.1 Å². The number of ether oxygens (including phenoxy) is 1. The molecule has 2 aromatic rings. The van der Waals surface area contributed by atoms with Crippen molar-refractivity contribution >= 4 is 17.8 Å². The highest BCUT2D eigenvalue weighted by Gasteiger charge is 2.51. The molecule has 154 valence electrons. The lowest BCUT2D eigenvalue weighted by molar-refractivity contribution is -0.142. The number of fused-ring (bicyclic) bond motifs is 1. The third-order valence-corrected chi connectivity index (χ3v) is 6.12. The smallest absolute Gasteiger partial charge is 0.319 e. The van der Waals surface area contributed by atoms with Crippen molar-refractivity contribution in [2.24, 2.45) is 0 Å². The third kappa shape index (κ3) is 3.76. The van der Waals surface area contributed by atoms with E-state index in [9.17, 15) is 9.59 Å². The van der Waals surface area contributed by atoms with Crippen LogP contribution < -0.4 is 5.32 Å². The first-order chi connectivity index (χ1) is 13.9.